The lowest BCUT2D eigenvalue weighted by Crippen LogP contribution is -2.12. The number of benzene rings is 1. The molecule has 2 rings (SSSR count). The standard InChI is InChI=1S/C9H8N2O3/c10-9(12)13-5-7-6-3-1-2-4-8(6)14-11-7/h1-4H,5H2,(H2,10,12). The van der Waals surface area contributed by atoms with Gasteiger partial charge < -0.3 is 15.0 Å². The number of amides is 1. The number of primary amides is 1. The molecule has 0 fully saturated rings. The van der Waals surface area contributed by atoms with Crippen LogP contribution in [0.15, 0.2) is 28.8 Å². The quantitative estimate of drug-likeness (QED) is 0.780. The van der Waals surface area contributed by atoms with Gasteiger partial charge in [0.15, 0.2) is 5.58 Å². The van der Waals surface area contributed by atoms with Crippen LogP contribution in [-0.4, -0.2) is 11.2 Å². The van der Waals surface area contributed by atoms with Crippen molar-refractivity contribution in [2.24, 2.45) is 5.73 Å². The second-order valence-corrected chi connectivity index (χ2v) is 2.73. The topological polar surface area (TPSA) is 78.4 Å². The van der Waals surface area contributed by atoms with Gasteiger partial charge >= 0.3 is 6.09 Å². The number of hydrogen-bond acceptors (Lipinski definition) is 4. The van der Waals surface area contributed by atoms with E-state index in [2.05, 4.69) is 9.89 Å². The number of carbonyl (C=O) groups is 1. The number of carbonyl (C=O) groups excluding carboxylic acids is 1. The van der Waals surface area contributed by atoms with Gasteiger partial charge in [-0.25, -0.2) is 4.79 Å². The fraction of sp³-hybridized carbons (Fsp3) is 0.111. The molecule has 0 aliphatic rings. The van der Waals surface area contributed by atoms with Crippen LogP contribution in [0.3, 0.4) is 0 Å². The van der Waals surface area contributed by atoms with Crippen LogP contribution in [-0.2, 0) is 11.3 Å². The van der Waals surface area contributed by atoms with Crippen molar-refractivity contribution in [3.05, 3.63) is 30.0 Å². The van der Waals surface area contributed by atoms with E-state index < -0.39 is 6.09 Å². The SMILES string of the molecule is NC(=O)OCc1noc2ccccc12. The summed E-state index contributed by atoms with van der Waals surface area (Å²) in [5.74, 6) is 0. The number of para-hydroxylation sites is 1. The third-order valence-electron chi connectivity index (χ3n) is 1.80. The van der Waals surface area contributed by atoms with E-state index in [9.17, 15) is 4.79 Å². The van der Waals surface area contributed by atoms with Crippen LogP contribution in [0, 0.1) is 0 Å². The number of fused-ring (bicyclic) bond motifs is 1. The first kappa shape index (κ1) is 8.55. The number of rotatable bonds is 2. The molecule has 72 valence electrons. The molecule has 14 heavy (non-hydrogen) atoms. The van der Waals surface area contributed by atoms with Crippen molar-refractivity contribution in [1.82, 2.24) is 5.16 Å². The Kier molecular flexibility index (Phi) is 2.06. The Morgan fingerprint density at radius 1 is 1.50 bits per heavy atom. The molecular formula is C9H8N2O3. The Morgan fingerprint density at radius 2 is 2.29 bits per heavy atom. The van der Waals surface area contributed by atoms with Crippen molar-refractivity contribution >= 4 is 17.1 Å². The van der Waals surface area contributed by atoms with E-state index in [1.165, 1.54) is 0 Å². The van der Waals surface area contributed by atoms with Crippen LogP contribution < -0.4 is 5.73 Å². The molecule has 1 amide bonds. The van der Waals surface area contributed by atoms with Gasteiger partial charge in [0, 0.05) is 5.39 Å². The first-order valence-electron chi connectivity index (χ1n) is 4.03. The van der Waals surface area contributed by atoms with Crippen LogP contribution in [0.2, 0.25) is 0 Å². The van der Waals surface area contributed by atoms with Gasteiger partial charge in [0.1, 0.15) is 12.3 Å². The van der Waals surface area contributed by atoms with Gasteiger partial charge in [-0.05, 0) is 12.1 Å². The molecule has 2 aromatic rings. The Bertz CT molecular complexity index is 464. The summed E-state index contributed by atoms with van der Waals surface area (Å²) in [7, 11) is 0. The molecule has 1 heterocycles. The van der Waals surface area contributed by atoms with E-state index in [0.717, 1.165) is 5.39 Å². The van der Waals surface area contributed by atoms with E-state index in [1.54, 1.807) is 6.07 Å². The van der Waals surface area contributed by atoms with Gasteiger partial charge in [0.25, 0.3) is 0 Å². The molecule has 2 N–H and O–H groups in total. The van der Waals surface area contributed by atoms with Crippen molar-refractivity contribution in [2.75, 3.05) is 0 Å². The zero-order valence-electron chi connectivity index (χ0n) is 7.27. The van der Waals surface area contributed by atoms with Crippen LogP contribution in [0.5, 0.6) is 0 Å². The highest BCUT2D eigenvalue weighted by atomic mass is 16.5. The van der Waals surface area contributed by atoms with Gasteiger partial charge in [-0.2, -0.15) is 0 Å². The highest BCUT2D eigenvalue weighted by molar-refractivity contribution is 5.79. The fourth-order valence-electron chi connectivity index (χ4n) is 1.18. The average Bonchev–Trinajstić information content (AvgIpc) is 2.58. The number of ether oxygens (including phenoxy) is 1. The lowest BCUT2D eigenvalue weighted by Gasteiger charge is -1.96. The number of nitrogens with two attached hydrogens (primary N) is 1. The highest BCUT2D eigenvalue weighted by Crippen LogP contribution is 2.17. The Labute approximate surface area is 79.4 Å². The lowest BCUT2D eigenvalue weighted by atomic mass is 10.2. The molecule has 0 spiro atoms. The summed E-state index contributed by atoms with van der Waals surface area (Å²) in [4.78, 5) is 10.4. The molecule has 5 nitrogen and oxygen atoms in total. The second kappa shape index (κ2) is 3.37. The maximum absolute atomic E-state index is 10.4. The van der Waals surface area contributed by atoms with Gasteiger partial charge in [-0.15, -0.1) is 0 Å². The van der Waals surface area contributed by atoms with Crippen LogP contribution >= 0.6 is 0 Å². The minimum Gasteiger partial charge on any atom is -0.443 e. The van der Waals surface area contributed by atoms with Gasteiger partial charge in [0.05, 0.1) is 0 Å². The molecule has 0 aliphatic heterocycles. The summed E-state index contributed by atoms with van der Waals surface area (Å²) in [5, 5.41) is 4.59. The lowest BCUT2D eigenvalue weighted by molar-refractivity contribution is 0.148. The first-order chi connectivity index (χ1) is 6.77. The van der Waals surface area contributed by atoms with Gasteiger partial charge in [0.2, 0.25) is 0 Å². The average molecular weight is 192 g/mol. The van der Waals surface area contributed by atoms with E-state index >= 15 is 0 Å². The Balaban J connectivity index is 2.29. The minimum atomic E-state index is -0.822. The number of hydrogen-bond donors (Lipinski definition) is 1. The zero-order valence-corrected chi connectivity index (χ0v) is 7.27. The molecule has 0 saturated carbocycles. The minimum absolute atomic E-state index is 0.0341. The maximum atomic E-state index is 10.4. The van der Waals surface area contributed by atoms with Crippen LogP contribution in [0.4, 0.5) is 4.79 Å². The van der Waals surface area contributed by atoms with Gasteiger partial charge in [-0.1, -0.05) is 17.3 Å². The van der Waals surface area contributed by atoms with Crippen molar-refractivity contribution in [1.29, 1.82) is 0 Å². The number of nitrogens with zero attached hydrogens (tertiary/aromatic N) is 1. The van der Waals surface area contributed by atoms with E-state index in [0.29, 0.717) is 11.3 Å². The Morgan fingerprint density at radius 3 is 3.07 bits per heavy atom. The largest absolute Gasteiger partial charge is 0.443 e. The smallest absolute Gasteiger partial charge is 0.404 e. The fourth-order valence-corrected chi connectivity index (χ4v) is 1.18. The predicted molar refractivity (Wildman–Crippen MR) is 48.4 cm³/mol. The van der Waals surface area contributed by atoms with Crippen LogP contribution in [0.1, 0.15) is 5.69 Å². The summed E-state index contributed by atoms with van der Waals surface area (Å²) < 4.78 is 9.61. The van der Waals surface area contributed by atoms with Gasteiger partial charge in [-0.3, -0.25) is 0 Å². The normalized spacial score (nSPS) is 10.3. The molecule has 1 aromatic heterocycles. The summed E-state index contributed by atoms with van der Waals surface area (Å²) in [5.41, 5.74) is 6.07. The van der Waals surface area contributed by atoms with Crippen molar-refractivity contribution < 1.29 is 14.1 Å². The summed E-state index contributed by atoms with van der Waals surface area (Å²) in [6.07, 6.45) is -0.822. The van der Waals surface area contributed by atoms with E-state index in [4.69, 9.17) is 10.3 Å². The second-order valence-electron chi connectivity index (χ2n) is 2.73. The zero-order chi connectivity index (χ0) is 9.97. The Hall–Kier alpha value is -2.04. The summed E-state index contributed by atoms with van der Waals surface area (Å²) in [6, 6.07) is 7.32. The molecule has 1 aromatic carbocycles. The molecule has 0 atom stereocenters. The summed E-state index contributed by atoms with van der Waals surface area (Å²) >= 11 is 0. The molecule has 5 heteroatoms. The molecule has 0 radical (unpaired) electrons. The molecule has 0 saturated heterocycles. The molecule has 0 bridgehead atoms. The third-order valence-corrected chi connectivity index (χ3v) is 1.80. The third kappa shape index (κ3) is 1.52. The summed E-state index contributed by atoms with van der Waals surface area (Å²) in [6.45, 7) is 0.0341. The first-order valence-corrected chi connectivity index (χ1v) is 4.03. The number of aromatic nitrogens is 1. The maximum Gasteiger partial charge on any atom is 0.404 e. The van der Waals surface area contributed by atoms with Crippen LogP contribution in [0.25, 0.3) is 11.0 Å². The molecular weight excluding hydrogens is 184 g/mol. The predicted octanol–water partition coefficient (Wildman–Crippen LogP) is 1.42. The van der Waals surface area contributed by atoms with E-state index in [1.807, 2.05) is 18.2 Å². The van der Waals surface area contributed by atoms with E-state index in [-0.39, 0.29) is 6.61 Å². The van der Waals surface area contributed by atoms with Crippen molar-refractivity contribution in [2.45, 2.75) is 6.61 Å². The molecule has 0 aliphatic carbocycles. The van der Waals surface area contributed by atoms with Crippen molar-refractivity contribution in [3.8, 4) is 0 Å². The van der Waals surface area contributed by atoms with Crippen molar-refractivity contribution in [3.63, 3.8) is 0 Å². The molecule has 0 unspecified atom stereocenters. The highest BCUT2D eigenvalue weighted by Gasteiger charge is 2.08. The monoisotopic (exact) mass is 192 g/mol.